The van der Waals surface area contributed by atoms with E-state index in [-0.39, 0.29) is 6.03 Å². The van der Waals surface area contributed by atoms with Gasteiger partial charge in [-0.15, -0.1) is 11.8 Å². The van der Waals surface area contributed by atoms with Crippen molar-refractivity contribution >= 4 is 29.2 Å². The van der Waals surface area contributed by atoms with Crippen LogP contribution in [0.25, 0.3) is 0 Å². The highest BCUT2D eigenvalue weighted by molar-refractivity contribution is 8.00. The van der Waals surface area contributed by atoms with Gasteiger partial charge in [0.25, 0.3) is 0 Å². The van der Waals surface area contributed by atoms with Crippen LogP contribution in [0.3, 0.4) is 0 Å². The van der Waals surface area contributed by atoms with Gasteiger partial charge in [0.15, 0.2) is 0 Å². The first-order valence-electron chi connectivity index (χ1n) is 7.15. The van der Waals surface area contributed by atoms with Crippen molar-refractivity contribution < 1.29 is 9.53 Å². The molecule has 2 aromatic rings. The Morgan fingerprint density at radius 2 is 2.09 bits per heavy atom. The number of carbonyl (C=O) groups excluding carboxylic acids is 1. The van der Waals surface area contributed by atoms with Gasteiger partial charge in [-0.3, -0.25) is 4.90 Å². The maximum atomic E-state index is 12.6. The maximum Gasteiger partial charge on any atom is 0.326 e. The first-order valence-corrected chi connectivity index (χ1v) is 8.03. The van der Waals surface area contributed by atoms with Crippen LogP contribution in [0.4, 0.5) is 16.2 Å². The van der Waals surface area contributed by atoms with E-state index in [4.69, 9.17) is 4.74 Å². The molecular weight excluding hydrogens is 296 g/mol. The largest absolute Gasteiger partial charge is 0.497 e. The topological polar surface area (TPSA) is 41.6 Å². The number of benzene rings is 2. The molecule has 0 aromatic heterocycles. The Labute approximate surface area is 134 Å². The van der Waals surface area contributed by atoms with Crippen molar-refractivity contribution in [2.45, 2.75) is 17.1 Å². The van der Waals surface area contributed by atoms with Gasteiger partial charge < -0.3 is 10.1 Å². The molecule has 0 aliphatic carbocycles. The highest BCUT2D eigenvalue weighted by Crippen LogP contribution is 2.38. The van der Waals surface area contributed by atoms with E-state index < -0.39 is 0 Å². The Morgan fingerprint density at radius 3 is 2.91 bits per heavy atom. The summed E-state index contributed by atoms with van der Waals surface area (Å²) in [5.74, 6) is 0.723. The lowest BCUT2D eigenvalue weighted by atomic mass is 10.2. The molecule has 1 aliphatic rings. The summed E-state index contributed by atoms with van der Waals surface area (Å²) < 4.78 is 5.19. The third-order valence-corrected chi connectivity index (χ3v) is 4.64. The number of hydrogen-bond acceptors (Lipinski definition) is 3. The fourth-order valence-corrected chi connectivity index (χ4v) is 3.59. The first kappa shape index (κ1) is 14.8. The van der Waals surface area contributed by atoms with Gasteiger partial charge in [0.05, 0.1) is 12.8 Å². The van der Waals surface area contributed by atoms with Crippen LogP contribution in [-0.4, -0.2) is 24.9 Å². The van der Waals surface area contributed by atoms with E-state index >= 15 is 0 Å². The quantitative estimate of drug-likeness (QED) is 0.902. The summed E-state index contributed by atoms with van der Waals surface area (Å²) >= 11 is 1.80. The van der Waals surface area contributed by atoms with Gasteiger partial charge in [0, 0.05) is 28.4 Å². The number of fused-ring (bicyclic) bond motifs is 1. The molecule has 0 unspecified atom stereocenters. The molecule has 2 aromatic carbocycles. The lowest BCUT2D eigenvalue weighted by molar-refractivity contribution is 0.256. The Hall–Kier alpha value is -2.14. The van der Waals surface area contributed by atoms with Crippen molar-refractivity contribution in [2.24, 2.45) is 0 Å². The summed E-state index contributed by atoms with van der Waals surface area (Å²) in [5.41, 5.74) is 1.69. The van der Waals surface area contributed by atoms with Gasteiger partial charge in [-0.1, -0.05) is 25.1 Å². The van der Waals surface area contributed by atoms with Crippen LogP contribution in [0.2, 0.25) is 0 Å². The Kier molecular flexibility index (Phi) is 4.24. The zero-order chi connectivity index (χ0) is 15.5. The molecule has 0 saturated carbocycles. The summed E-state index contributed by atoms with van der Waals surface area (Å²) in [6.07, 6.45) is 0. The molecule has 0 radical (unpaired) electrons. The van der Waals surface area contributed by atoms with E-state index in [0.29, 0.717) is 11.8 Å². The Balaban J connectivity index is 1.83. The molecule has 0 bridgehead atoms. The van der Waals surface area contributed by atoms with Crippen LogP contribution < -0.4 is 15.0 Å². The average molecular weight is 314 g/mol. The maximum absolute atomic E-state index is 12.6. The van der Waals surface area contributed by atoms with Gasteiger partial charge in [-0.2, -0.15) is 0 Å². The van der Waals surface area contributed by atoms with Crippen LogP contribution in [-0.2, 0) is 0 Å². The molecule has 0 saturated heterocycles. The van der Waals surface area contributed by atoms with Crippen molar-refractivity contribution in [1.29, 1.82) is 0 Å². The monoisotopic (exact) mass is 314 g/mol. The first-order chi connectivity index (χ1) is 10.7. The number of hydrogen-bond donors (Lipinski definition) is 1. The van der Waals surface area contributed by atoms with Crippen molar-refractivity contribution in [1.82, 2.24) is 0 Å². The minimum atomic E-state index is -0.118. The standard InChI is InChI=1S/C17H18N2O2S/c1-12-11-19(15-8-3-4-9-16(15)22-12)17(20)18-13-6-5-7-14(10-13)21-2/h3-10,12H,11H2,1-2H3,(H,18,20)/t12-/m1/s1. The summed E-state index contributed by atoms with van der Waals surface area (Å²) in [5, 5.41) is 3.31. The number of ether oxygens (including phenoxy) is 1. The van der Waals surface area contributed by atoms with E-state index in [9.17, 15) is 4.79 Å². The Bertz CT molecular complexity index is 690. The van der Waals surface area contributed by atoms with Crippen LogP contribution in [0, 0.1) is 0 Å². The van der Waals surface area contributed by atoms with Crippen molar-refractivity contribution in [3.8, 4) is 5.75 Å². The molecule has 1 atom stereocenters. The second-order valence-corrected chi connectivity index (χ2v) is 6.65. The van der Waals surface area contributed by atoms with Crippen LogP contribution in [0.1, 0.15) is 6.92 Å². The second kappa shape index (κ2) is 6.32. The number of para-hydroxylation sites is 1. The van der Waals surface area contributed by atoms with Gasteiger partial charge in [-0.25, -0.2) is 4.79 Å². The number of rotatable bonds is 2. The number of urea groups is 1. The fraction of sp³-hybridized carbons (Fsp3) is 0.235. The highest BCUT2D eigenvalue weighted by atomic mass is 32.2. The number of nitrogens with one attached hydrogen (secondary N) is 1. The third-order valence-electron chi connectivity index (χ3n) is 3.49. The molecule has 114 valence electrons. The van der Waals surface area contributed by atoms with Crippen LogP contribution in [0.15, 0.2) is 53.4 Å². The molecule has 2 amide bonds. The molecule has 0 spiro atoms. The summed E-state index contributed by atoms with van der Waals surface area (Å²) in [6, 6.07) is 15.3. The van der Waals surface area contributed by atoms with Crippen molar-refractivity contribution in [3.63, 3.8) is 0 Å². The van der Waals surface area contributed by atoms with Crippen LogP contribution >= 0.6 is 11.8 Å². The normalized spacial score (nSPS) is 16.8. The molecule has 0 fully saturated rings. The van der Waals surface area contributed by atoms with Gasteiger partial charge >= 0.3 is 6.03 Å². The molecule has 4 nitrogen and oxygen atoms in total. The number of nitrogens with zero attached hydrogens (tertiary/aromatic N) is 1. The molecule has 3 rings (SSSR count). The SMILES string of the molecule is COc1cccc(NC(=O)N2C[C@@H](C)Sc3ccccc32)c1. The van der Waals surface area contributed by atoms with Crippen molar-refractivity contribution in [2.75, 3.05) is 23.9 Å². The summed E-state index contributed by atoms with van der Waals surface area (Å²) in [6.45, 7) is 2.82. The predicted molar refractivity (Wildman–Crippen MR) is 91.1 cm³/mol. The smallest absolute Gasteiger partial charge is 0.326 e. The number of methoxy groups -OCH3 is 1. The van der Waals surface area contributed by atoms with Gasteiger partial charge in [-0.05, 0) is 24.3 Å². The lowest BCUT2D eigenvalue weighted by Crippen LogP contribution is -2.41. The zero-order valence-electron chi connectivity index (χ0n) is 12.6. The summed E-state index contributed by atoms with van der Waals surface area (Å²) in [4.78, 5) is 15.6. The zero-order valence-corrected chi connectivity index (χ0v) is 13.4. The number of anilines is 2. The minimum Gasteiger partial charge on any atom is -0.497 e. The highest BCUT2D eigenvalue weighted by Gasteiger charge is 2.26. The second-order valence-electron chi connectivity index (χ2n) is 5.17. The molecular formula is C17H18N2O2S. The summed E-state index contributed by atoms with van der Waals surface area (Å²) in [7, 11) is 1.61. The van der Waals surface area contributed by atoms with Crippen LogP contribution in [0.5, 0.6) is 5.75 Å². The van der Waals surface area contributed by atoms with E-state index in [1.54, 1.807) is 23.8 Å². The molecule has 1 heterocycles. The molecule has 5 heteroatoms. The lowest BCUT2D eigenvalue weighted by Gasteiger charge is -2.32. The molecule has 1 N–H and O–H groups in total. The van der Waals surface area contributed by atoms with E-state index in [1.807, 2.05) is 42.5 Å². The van der Waals surface area contributed by atoms with E-state index in [0.717, 1.165) is 22.0 Å². The van der Waals surface area contributed by atoms with Gasteiger partial charge in [0.1, 0.15) is 5.75 Å². The molecule has 1 aliphatic heterocycles. The van der Waals surface area contributed by atoms with Gasteiger partial charge in [0.2, 0.25) is 0 Å². The predicted octanol–water partition coefficient (Wildman–Crippen LogP) is 4.23. The third kappa shape index (κ3) is 3.04. The van der Waals surface area contributed by atoms with Crippen molar-refractivity contribution in [3.05, 3.63) is 48.5 Å². The molecule has 22 heavy (non-hydrogen) atoms. The van der Waals surface area contributed by atoms with E-state index in [2.05, 4.69) is 18.3 Å². The Morgan fingerprint density at radius 1 is 1.27 bits per heavy atom. The number of amides is 2. The fourth-order valence-electron chi connectivity index (χ4n) is 2.47. The van der Waals surface area contributed by atoms with E-state index in [1.165, 1.54) is 0 Å². The minimum absolute atomic E-state index is 0.118. The number of carbonyl (C=O) groups is 1. The average Bonchev–Trinajstić information content (AvgIpc) is 2.54. The number of thioether (sulfide) groups is 1.